The summed E-state index contributed by atoms with van der Waals surface area (Å²) in [6, 6.07) is 4.97. The molecule has 0 atom stereocenters. The first-order chi connectivity index (χ1) is 11.4. The van der Waals surface area contributed by atoms with Crippen LogP contribution in [0.25, 0.3) is 0 Å². The Bertz CT molecular complexity index is 690. The molecule has 0 spiro atoms. The summed E-state index contributed by atoms with van der Waals surface area (Å²) >= 11 is 0. The number of hydrogen-bond donors (Lipinski definition) is 2. The van der Waals surface area contributed by atoms with Crippen molar-refractivity contribution < 1.29 is 19.4 Å². The van der Waals surface area contributed by atoms with E-state index < -0.39 is 5.54 Å². The number of hydrogen-bond acceptors (Lipinski definition) is 6. The van der Waals surface area contributed by atoms with Crippen LogP contribution in [0.4, 0.5) is 0 Å². The van der Waals surface area contributed by atoms with Crippen molar-refractivity contribution in [2.75, 3.05) is 20.8 Å². The van der Waals surface area contributed by atoms with Crippen LogP contribution in [0.1, 0.15) is 29.9 Å². The molecular weight excluding hydrogens is 312 g/mol. The molecule has 24 heavy (non-hydrogen) atoms. The number of carbonyl (C=O) groups excluding carboxylic acids is 1. The van der Waals surface area contributed by atoms with Gasteiger partial charge in [0.15, 0.2) is 0 Å². The van der Waals surface area contributed by atoms with E-state index >= 15 is 0 Å². The molecule has 8 heteroatoms. The molecule has 0 bridgehead atoms. The molecule has 2 aromatic rings. The molecule has 1 aromatic heterocycles. The van der Waals surface area contributed by atoms with E-state index in [1.54, 1.807) is 24.4 Å². The Morgan fingerprint density at radius 2 is 1.88 bits per heavy atom. The van der Waals surface area contributed by atoms with Gasteiger partial charge in [-0.1, -0.05) is 5.21 Å². The summed E-state index contributed by atoms with van der Waals surface area (Å²) in [7, 11) is 3.06. The van der Waals surface area contributed by atoms with Crippen LogP contribution in [-0.2, 0) is 12.1 Å². The first-order valence-electron chi connectivity index (χ1n) is 7.46. The fourth-order valence-corrected chi connectivity index (χ4v) is 2.16. The molecule has 0 aliphatic rings. The Hall–Kier alpha value is -2.61. The van der Waals surface area contributed by atoms with Gasteiger partial charge in [0.25, 0.3) is 5.91 Å². The maximum Gasteiger partial charge on any atom is 0.252 e. The zero-order valence-electron chi connectivity index (χ0n) is 14.2. The number of aliphatic hydroxyl groups excluding tert-OH is 1. The van der Waals surface area contributed by atoms with Crippen LogP contribution in [0.5, 0.6) is 11.5 Å². The Morgan fingerprint density at radius 1 is 1.25 bits per heavy atom. The smallest absolute Gasteiger partial charge is 0.252 e. The summed E-state index contributed by atoms with van der Waals surface area (Å²) in [5, 5.41) is 19.8. The number of aliphatic hydroxyl groups is 1. The molecule has 130 valence electrons. The number of aromatic nitrogens is 3. The van der Waals surface area contributed by atoms with E-state index in [-0.39, 0.29) is 12.5 Å². The molecule has 1 aromatic carbocycles. The van der Waals surface area contributed by atoms with Crippen LogP contribution in [0, 0.1) is 0 Å². The molecule has 2 N–H and O–H groups in total. The predicted molar refractivity (Wildman–Crippen MR) is 87.1 cm³/mol. The highest BCUT2D eigenvalue weighted by molar-refractivity contribution is 5.95. The number of nitrogens with one attached hydrogen (secondary N) is 1. The number of carbonyl (C=O) groups is 1. The fourth-order valence-electron chi connectivity index (χ4n) is 2.16. The predicted octanol–water partition coefficient (Wildman–Crippen LogP) is 0.953. The zero-order valence-corrected chi connectivity index (χ0v) is 14.2. The van der Waals surface area contributed by atoms with Crippen molar-refractivity contribution in [3.8, 4) is 11.5 Å². The topological polar surface area (TPSA) is 98.5 Å². The van der Waals surface area contributed by atoms with Crippen LogP contribution >= 0.6 is 0 Å². The second-order valence-electron chi connectivity index (χ2n) is 5.77. The second-order valence-corrected chi connectivity index (χ2v) is 5.77. The van der Waals surface area contributed by atoms with Crippen molar-refractivity contribution in [3.05, 3.63) is 35.7 Å². The molecular formula is C16H22N4O4. The molecule has 1 heterocycles. The standard InChI is InChI=1S/C16H22N4O4/c1-16(2,14-10-20(5-6-21)19-18-14)17-15(22)11-7-12(23-3)9-13(8-11)24-4/h7-10,21H,5-6H2,1-4H3,(H,17,22). The van der Waals surface area contributed by atoms with Gasteiger partial charge in [-0.25, -0.2) is 4.68 Å². The number of benzene rings is 1. The third-order valence-corrected chi connectivity index (χ3v) is 3.55. The number of nitrogens with zero attached hydrogens (tertiary/aromatic N) is 3. The Balaban J connectivity index is 2.20. The summed E-state index contributed by atoms with van der Waals surface area (Å²) in [5.74, 6) is 0.784. The maximum atomic E-state index is 12.6. The normalized spacial score (nSPS) is 11.2. The molecule has 0 saturated carbocycles. The minimum Gasteiger partial charge on any atom is -0.497 e. The molecule has 8 nitrogen and oxygen atoms in total. The maximum absolute atomic E-state index is 12.6. The monoisotopic (exact) mass is 334 g/mol. The first-order valence-corrected chi connectivity index (χ1v) is 7.46. The van der Waals surface area contributed by atoms with E-state index in [0.717, 1.165) is 0 Å². The Labute approximate surface area is 140 Å². The number of amides is 1. The number of methoxy groups -OCH3 is 2. The lowest BCUT2D eigenvalue weighted by Gasteiger charge is -2.24. The summed E-state index contributed by atoms with van der Waals surface area (Å²) in [5.41, 5.74) is 0.280. The molecule has 0 fully saturated rings. The van der Waals surface area contributed by atoms with Gasteiger partial charge in [0.05, 0.1) is 39.1 Å². The third-order valence-electron chi connectivity index (χ3n) is 3.55. The molecule has 0 radical (unpaired) electrons. The molecule has 0 saturated heterocycles. The van der Waals surface area contributed by atoms with E-state index in [2.05, 4.69) is 15.6 Å². The van der Waals surface area contributed by atoms with Gasteiger partial charge in [-0.15, -0.1) is 5.10 Å². The van der Waals surface area contributed by atoms with E-state index in [1.165, 1.54) is 18.9 Å². The highest BCUT2D eigenvalue weighted by Crippen LogP contribution is 2.24. The van der Waals surface area contributed by atoms with Crippen LogP contribution in [0.15, 0.2) is 24.4 Å². The van der Waals surface area contributed by atoms with Gasteiger partial charge in [-0.3, -0.25) is 4.79 Å². The van der Waals surface area contributed by atoms with E-state index in [9.17, 15) is 4.79 Å². The van der Waals surface area contributed by atoms with Crippen molar-refractivity contribution in [2.45, 2.75) is 25.9 Å². The highest BCUT2D eigenvalue weighted by Gasteiger charge is 2.27. The quantitative estimate of drug-likeness (QED) is 0.782. The second kappa shape index (κ2) is 7.31. The van der Waals surface area contributed by atoms with Crippen LogP contribution in [-0.4, -0.2) is 46.8 Å². The van der Waals surface area contributed by atoms with Crippen LogP contribution < -0.4 is 14.8 Å². The molecule has 1 amide bonds. The lowest BCUT2D eigenvalue weighted by atomic mass is 10.0. The van der Waals surface area contributed by atoms with E-state index in [0.29, 0.717) is 29.3 Å². The average Bonchev–Trinajstić information content (AvgIpc) is 3.04. The van der Waals surface area contributed by atoms with Crippen molar-refractivity contribution >= 4 is 5.91 Å². The van der Waals surface area contributed by atoms with E-state index in [1.807, 2.05) is 13.8 Å². The Morgan fingerprint density at radius 3 is 2.42 bits per heavy atom. The molecule has 2 rings (SSSR count). The van der Waals surface area contributed by atoms with Crippen molar-refractivity contribution in [2.24, 2.45) is 0 Å². The van der Waals surface area contributed by atoms with Crippen LogP contribution in [0.3, 0.4) is 0 Å². The number of ether oxygens (including phenoxy) is 2. The van der Waals surface area contributed by atoms with Crippen LogP contribution in [0.2, 0.25) is 0 Å². The molecule has 0 aliphatic heterocycles. The van der Waals surface area contributed by atoms with Crippen molar-refractivity contribution in [1.82, 2.24) is 20.3 Å². The summed E-state index contributed by atoms with van der Waals surface area (Å²) in [4.78, 5) is 12.6. The minimum atomic E-state index is -0.735. The average molecular weight is 334 g/mol. The van der Waals surface area contributed by atoms with E-state index in [4.69, 9.17) is 14.6 Å². The van der Waals surface area contributed by atoms with Gasteiger partial charge in [-0.2, -0.15) is 0 Å². The third kappa shape index (κ3) is 4.02. The Kier molecular flexibility index (Phi) is 5.40. The molecule has 0 aliphatic carbocycles. The zero-order chi connectivity index (χ0) is 17.7. The minimum absolute atomic E-state index is 0.0286. The summed E-state index contributed by atoms with van der Waals surface area (Å²) in [6.07, 6.45) is 1.70. The van der Waals surface area contributed by atoms with Crippen molar-refractivity contribution in [3.63, 3.8) is 0 Å². The first kappa shape index (κ1) is 17.7. The van der Waals surface area contributed by atoms with Gasteiger partial charge in [0.1, 0.15) is 17.2 Å². The number of rotatable bonds is 7. The largest absolute Gasteiger partial charge is 0.497 e. The van der Waals surface area contributed by atoms with Gasteiger partial charge in [0, 0.05) is 11.6 Å². The summed E-state index contributed by atoms with van der Waals surface area (Å²) < 4.78 is 11.9. The van der Waals surface area contributed by atoms with Gasteiger partial charge in [-0.05, 0) is 26.0 Å². The van der Waals surface area contributed by atoms with Gasteiger partial charge in [0.2, 0.25) is 0 Å². The summed E-state index contributed by atoms with van der Waals surface area (Å²) in [6.45, 7) is 3.98. The molecule has 0 unspecified atom stereocenters. The fraction of sp³-hybridized carbons (Fsp3) is 0.438. The lowest BCUT2D eigenvalue weighted by molar-refractivity contribution is 0.0909. The van der Waals surface area contributed by atoms with Gasteiger partial charge >= 0.3 is 0 Å². The highest BCUT2D eigenvalue weighted by atomic mass is 16.5. The van der Waals surface area contributed by atoms with Gasteiger partial charge < -0.3 is 19.9 Å². The lowest BCUT2D eigenvalue weighted by Crippen LogP contribution is -2.41. The van der Waals surface area contributed by atoms with Crippen molar-refractivity contribution in [1.29, 1.82) is 0 Å². The SMILES string of the molecule is COc1cc(OC)cc(C(=O)NC(C)(C)c2cn(CCO)nn2)c1.